The van der Waals surface area contributed by atoms with Crippen LogP contribution in [0.15, 0.2) is 34.4 Å². The molecule has 1 aromatic rings. The summed E-state index contributed by atoms with van der Waals surface area (Å²) in [6.45, 7) is 1.29. The van der Waals surface area contributed by atoms with Gasteiger partial charge in [-0.25, -0.2) is 13.2 Å². The molecule has 1 heterocycles. The first kappa shape index (κ1) is 20.7. The summed E-state index contributed by atoms with van der Waals surface area (Å²) in [5, 5.41) is 11.9. The number of carbonyl (C=O) groups is 2. The number of amides is 1. The van der Waals surface area contributed by atoms with Crippen LogP contribution in [0, 0.1) is 0 Å². The number of esters is 1. The van der Waals surface area contributed by atoms with E-state index in [0.717, 1.165) is 0 Å². The van der Waals surface area contributed by atoms with Crippen molar-refractivity contribution in [1.29, 1.82) is 0 Å². The zero-order valence-electron chi connectivity index (χ0n) is 15.3. The van der Waals surface area contributed by atoms with Gasteiger partial charge in [0.1, 0.15) is 11.4 Å². The summed E-state index contributed by atoms with van der Waals surface area (Å²) in [5.74, 6) is -0.981. The van der Waals surface area contributed by atoms with Crippen LogP contribution in [-0.4, -0.2) is 70.0 Å². The van der Waals surface area contributed by atoms with Gasteiger partial charge in [-0.15, -0.1) is 0 Å². The predicted molar refractivity (Wildman–Crippen MR) is 97.1 cm³/mol. The van der Waals surface area contributed by atoms with E-state index in [9.17, 15) is 18.0 Å². The fraction of sp³-hybridized carbons (Fsp3) is 0.412. The van der Waals surface area contributed by atoms with Gasteiger partial charge in [0.2, 0.25) is 0 Å². The summed E-state index contributed by atoms with van der Waals surface area (Å²) in [6, 6.07) is 4.22. The Labute approximate surface area is 157 Å². The summed E-state index contributed by atoms with van der Waals surface area (Å²) in [5.41, 5.74) is 0.268. The van der Waals surface area contributed by atoms with Gasteiger partial charge in [-0.2, -0.15) is 0 Å². The Kier molecular flexibility index (Phi) is 6.45. The number of rotatable bonds is 8. The first-order valence-corrected chi connectivity index (χ1v) is 9.83. The van der Waals surface area contributed by atoms with Gasteiger partial charge in [0.25, 0.3) is 5.91 Å². The Morgan fingerprint density at radius 1 is 1.33 bits per heavy atom. The number of β-amino-alcohol motifs (C(OH)–C–C–N with tert-alkyl or cyclic N) is 1. The molecular weight excluding hydrogens is 376 g/mol. The third-order valence-corrected chi connectivity index (χ3v) is 5.86. The van der Waals surface area contributed by atoms with Gasteiger partial charge in [-0.1, -0.05) is 6.92 Å². The first-order chi connectivity index (χ1) is 12.8. The molecule has 0 aromatic heterocycles. The summed E-state index contributed by atoms with van der Waals surface area (Å²) >= 11 is 0. The molecule has 0 unspecified atom stereocenters. The highest BCUT2D eigenvalue weighted by Crippen LogP contribution is 2.31. The second-order valence-electron chi connectivity index (χ2n) is 5.69. The van der Waals surface area contributed by atoms with Crippen molar-refractivity contribution < 1.29 is 32.6 Å². The number of ether oxygens (including phenoxy) is 2. The number of anilines is 1. The standard InChI is InChI=1S/C17H22N2O7S/c1-4-27(23,24)11-5-6-14(25-2)13(9-11)18-15-12(17(22)26-3)10-19(7-8-20)16(15)21/h5-6,9,18,20H,4,7-8,10H2,1-3H3. The molecule has 1 aromatic carbocycles. The summed E-state index contributed by atoms with van der Waals surface area (Å²) in [7, 11) is -0.881. The first-order valence-electron chi connectivity index (χ1n) is 8.18. The lowest BCUT2D eigenvalue weighted by atomic mass is 10.2. The molecule has 2 N–H and O–H groups in total. The van der Waals surface area contributed by atoms with Gasteiger partial charge in [-0.05, 0) is 18.2 Å². The zero-order chi connectivity index (χ0) is 20.2. The highest BCUT2D eigenvalue weighted by atomic mass is 32.2. The highest BCUT2D eigenvalue weighted by molar-refractivity contribution is 7.91. The van der Waals surface area contributed by atoms with Crippen LogP contribution >= 0.6 is 0 Å². The number of nitrogens with zero attached hydrogens (tertiary/aromatic N) is 1. The number of methoxy groups -OCH3 is 2. The Morgan fingerprint density at radius 2 is 2.04 bits per heavy atom. The third kappa shape index (κ3) is 4.22. The van der Waals surface area contributed by atoms with Gasteiger partial charge >= 0.3 is 5.97 Å². The van der Waals surface area contributed by atoms with E-state index < -0.39 is 21.7 Å². The predicted octanol–water partition coefficient (Wildman–Crippen LogP) is 0.162. The van der Waals surface area contributed by atoms with Gasteiger partial charge in [-0.3, -0.25) is 4.79 Å². The number of hydrogen-bond acceptors (Lipinski definition) is 8. The van der Waals surface area contributed by atoms with Crippen molar-refractivity contribution in [2.75, 3.05) is 45.0 Å². The number of hydrogen-bond donors (Lipinski definition) is 2. The number of sulfone groups is 1. The minimum Gasteiger partial charge on any atom is -0.495 e. The van der Waals surface area contributed by atoms with Gasteiger partial charge in [0.05, 0.1) is 49.3 Å². The van der Waals surface area contributed by atoms with Crippen LogP contribution < -0.4 is 10.1 Å². The molecule has 0 bridgehead atoms. The lowest BCUT2D eigenvalue weighted by Gasteiger charge is -2.16. The SMILES string of the molecule is CCS(=O)(=O)c1ccc(OC)c(NC2=C(C(=O)OC)CN(CCO)C2=O)c1. The largest absolute Gasteiger partial charge is 0.495 e. The molecule has 0 aliphatic carbocycles. The summed E-state index contributed by atoms with van der Waals surface area (Å²) < 4.78 is 34.3. The molecule has 10 heteroatoms. The Bertz CT molecular complexity index is 877. The van der Waals surface area contributed by atoms with E-state index in [-0.39, 0.29) is 47.3 Å². The van der Waals surface area contributed by atoms with Gasteiger partial charge < -0.3 is 24.8 Å². The minimum absolute atomic E-state index is 0.0241. The van der Waals surface area contributed by atoms with E-state index in [4.69, 9.17) is 14.6 Å². The fourth-order valence-electron chi connectivity index (χ4n) is 2.63. The number of nitrogens with one attached hydrogen (secondary N) is 1. The molecule has 9 nitrogen and oxygen atoms in total. The maximum absolute atomic E-state index is 12.6. The van der Waals surface area contributed by atoms with Crippen LogP contribution in [0.1, 0.15) is 6.92 Å². The second-order valence-corrected chi connectivity index (χ2v) is 7.96. The highest BCUT2D eigenvalue weighted by Gasteiger charge is 2.35. The van der Waals surface area contributed by atoms with Crippen LogP contribution in [0.3, 0.4) is 0 Å². The van der Waals surface area contributed by atoms with Gasteiger partial charge in [0, 0.05) is 6.54 Å². The topological polar surface area (TPSA) is 122 Å². The molecular formula is C17H22N2O7S. The molecule has 0 saturated heterocycles. The van der Waals surface area contributed by atoms with E-state index in [1.54, 1.807) is 0 Å². The molecule has 0 radical (unpaired) electrons. The maximum atomic E-state index is 12.6. The van der Waals surface area contributed by atoms with E-state index >= 15 is 0 Å². The van der Waals surface area contributed by atoms with E-state index in [0.29, 0.717) is 5.75 Å². The molecule has 148 valence electrons. The van der Waals surface area contributed by atoms with E-state index in [1.165, 1.54) is 44.2 Å². The van der Waals surface area contributed by atoms with Gasteiger partial charge in [0.15, 0.2) is 9.84 Å². The van der Waals surface area contributed by atoms with E-state index in [2.05, 4.69) is 5.32 Å². The van der Waals surface area contributed by atoms with Crippen molar-refractivity contribution in [1.82, 2.24) is 4.90 Å². The van der Waals surface area contributed by atoms with E-state index in [1.807, 2.05) is 0 Å². The average molecular weight is 398 g/mol. The molecule has 2 rings (SSSR count). The number of aliphatic hydroxyl groups is 1. The number of aliphatic hydroxyl groups excluding tert-OH is 1. The summed E-state index contributed by atoms with van der Waals surface area (Å²) in [4.78, 5) is 26.0. The van der Waals surface area contributed by atoms with Crippen molar-refractivity contribution in [3.8, 4) is 5.75 Å². The Hall–Kier alpha value is -2.59. The molecule has 0 atom stereocenters. The van der Waals surface area contributed by atoms with Crippen LogP contribution in [0.2, 0.25) is 0 Å². The molecule has 1 aliphatic rings. The summed E-state index contributed by atoms with van der Waals surface area (Å²) in [6.07, 6.45) is 0. The zero-order valence-corrected chi connectivity index (χ0v) is 16.1. The lowest BCUT2D eigenvalue weighted by Crippen LogP contribution is -2.31. The maximum Gasteiger partial charge on any atom is 0.337 e. The Balaban J connectivity index is 2.50. The Morgan fingerprint density at radius 3 is 2.59 bits per heavy atom. The van der Waals surface area contributed by atoms with Crippen LogP contribution in [-0.2, 0) is 24.2 Å². The molecule has 0 spiro atoms. The van der Waals surface area contributed by atoms with Crippen LogP contribution in [0.4, 0.5) is 5.69 Å². The lowest BCUT2D eigenvalue weighted by molar-refractivity contribution is -0.136. The number of carbonyl (C=O) groups excluding carboxylic acids is 2. The third-order valence-electron chi connectivity index (χ3n) is 4.12. The molecule has 1 amide bonds. The minimum atomic E-state index is -3.48. The van der Waals surface area contributed by atoms with Crippen LogP contribution in [0.25, 0.3) is 0 Å². The molecule has 0 fully saturated rings. The van der Waals surface area contributed by atoms with Crippen molar-refractivity contribution in [2.45, 2.75) is 11.8 Å². The monoisotopic (exact) mass is 398 g/mol. The molecule has 0 saturated carbocycles. The second kappa shape index (κ2) is 8.40. The number of benzene rings is 1. The molecule has 1 aliphatic heterocycles. The van der Waals surface area contributed by atoms with Crippen LogP contribution in [0.5, 0.6) is 5.75 Å². The smallest absolute Gasteiger partial charge is 0.337 e. The molecule has 27 heavy (non-hydrogen) atoms. The fourth-order valence-corrected chi connectivity index (χ4v) is 3.53. The normalized spacial score (nSPS) is 14.5. The van der Waals surface area contributed by atoms with Crippen molar-refractivity contribution >= 4 is 27.4 Å². The van der Waals surface area contributed by atoms with Crippen molar-refractivity contribution in [3.05, 3.63) is 29.5 Å². The average Bonchev–Trinajstić information content (AvgIpc) is 2.97. The van der Waals surface area contributed by atoms with Crippen molar-refractivity contribution in [2.24, 2.45) is 0 Å². The quantitative estimate of drug-likeness (QED) is 0.594. The van der Waals surface area contributed by atoms with Crippen molar-refractivity contribution in [3.63, 3.8) is 0 Å².